The van der Waals surface area contributed by atoms with E-state index in [1.807, 2.05) is 6.07 Å². The lowest BCUT2D eigenvalue weighted by molar-refractivity contribution is 0.0846. The maximum absolute atomic E-state index is 11.9. The van der Waals surface area contributed by atoms with Crippen molar-refractivity contribution < 1.29 is 9.59 Å². The summed E-state index contributed by atoms with van der Waals surface area (Å²) in [6.07, 6.45) is 1.59. The first kappa shape index (κ1) is 15.5. The first-order valence-electron chi connectivity index (χ1n) is 6.28. The third kappa shape index (κ3) is 4.04. The van der Waals surface area contributed by atoms with Crippen molar-refractivity contribution in [3.63, 3.8) is 0 Å². The molecule has 0 spiro atoms. The van der Waals surface area contributed by atoms with Crippen LogP contribution in [0.5, 0.6) is 0 Å². The fourth-order valence-corrected chi connectivity index (χ4v) is 1.75. The SMILES string of the molecule is N#CCc1ccc(C(=O)NNC(=O)c2ccc(Cl)nc2)cc1. The van der Waals surface area contributed by atoms with Gasteiger partial charge in [-0.25, -0.2) is 4.98 Å². The predicted octanol–water partition coefficient (Wildman–Crippen LogP) is 1.88. The van der Waals surface area contributed by atoms with E-state index < -0.39 is 11.8 Å². The lowest BCUT2D eigenvalue weighted by atomic mass is 10.1. The van der Waals surface area contributed by atoms with Crippen LogP contribution in [0.3, 0.4) is 0 Å². The molecule has 1 heterocycles. The molecule has 1 aromatic carbocycles. The van der Waals surface area contributed by atoms with Crippen molar-refractivity contribution in [2.24, 2.45) is 0 Å². The summed E-state index contributed by atoms with van der Waals surface area (Å²) >= 11 is 5.63. The lowest BCUT2D eigenvalue weighted by Gasteiger charge is -2.07. The van der Waals surface area contributed by atoms with Gasteiger partial charge in [-0.3, -0.25) is 20.4 Å². The summed E-state index contributed by atoms with van der Waals surface area (Å²) in [5, 5.41) is 8.85. The Kier molecular flexibility index (Phi) is 5.07. The number of benzene rings is 1. The zero-order chi connectivity index (χ0) is 15.9. The van der Waals surface area contributed by atoms with Crippen molar-refractivity contribution in [3.05, 3.63) is 64.4 Å². The molecule has 0 radical (unpaired) electrons. The van der Waals surface area contributed by atoms with Crippen LogP contribution in [0.15, 0.2) is 42.6 Å². The average molecular weight is 315 g/mol. The van der Waals surface area contributed by atoms with Crippen LogP contribution in [0.2, 0.25) is 5.15 Å². The van der Waals surface area contributed by atoms with E-state index in [0.717, 1.165) is 5.56 Å². The van der Waals surface area contributed by atoms with Crippen molar-refractivity contribution in [1.29, 1.82) is 5.26 Å². The van der Waals surface area contributed by atoms with Crippen LogP contribution in [-0.4, -0.2) is 16.8 Å². The Balaban J connectivity index is 1.93. The number of hydrazine groups is 1. The molecule has 0 aliphatic heterocycles. The molecule has 7 heteroatoms. The van der Waals surface area contributed by atoms with Gasteiger partial charge in [-0.05, 0) is 29.8 Å². The zero-order valence-electron chi connectivity index (χ0n) is 11.3. The number of halogens is 1. The van der Waals surface area contributed by atoms with Crippen molar-refractivity contribution in [1.82, 2.24) is 15.8 Å². The second-order valence-electron chi connectivity index (χ2n) is 4.31. The number of carbonyl (C=O) groups excluding carboxylic acids is 2. The number of carbonyl (C=O) groups is 2. The molecule has 2 aromatic rings. The molecule has 110 valence electrons. The number of hydrogen-bond donors (Lipinski definition) is 2. The molecule has 0 aliphatic rings. The van der Waals surface area contributed by atoms with Gasteiger partial charge < -0.3 is 0 Å². The maximum Gasteiger partial charge on any atom is 0.271 e. The smallest absolute Gasteiger partial charge is 0.267 e. The molecule has 1 aromatic heterocycles. The zero-order valence-corrected chi connectivity index (χ0v) is 12.1. The molecule has 0 atom stereocenters. The summed E-state index contributed by atoms with van der Waals surface area (Å²) in [7, 11) is 0. The summed E-state index contributed by atoms with van der Waals surface area (Å²) in [4.78, 5) is 27.4. The predicted molar refractivity (Wildman–Crippen MR) is 79.9 cm³/mol. The number of hydrogen-bond acceptors (Lipinski definition) is 4. The van der Waals surface area contributed by atoms with Gasteiger partial charge in [0.1, 0.15) is 5.15 Å². The lowest BCUT2D eigenvalue weighted by Crippen LogP contribution is -2.41. The topological polar surface area (TPSA) is 94.9 Å². The van der Waals surface area contributed by atoms with E-state index in [4.69, 9.17) is 16.9 Å². The third-order valence-electron chi connectivity index (χ3n) is 2.78. The van der Waals surface area contributed by atoms with E-state index in [9.17, 15) is 9.59 Å². The maximum atomic E-state index is 11.9. The highest BCUT2D eigenvalue weighted by Crippen LogP contribution is 2.06. The molecular formula is C15H11ClN4O2. The van der Waals surface area contributed by atoms with E-state index in [1.165, 1.54) is 18.3 Å². The molecule has 0 saturated heterocycles. The Morgan fingerprint density at radius 3 is 2.18 bits per heavy atom. The van der Waals surface area contributed by atoms with Gasteiger partial charge in [-0.15, -0.1) is 0 Å². The van der Waals surface area contributed by atoms with Crippen LogP contribution in [0.4, 0.5) is 0 Å². The van der Waals surface area contributed by atoms with Crippen molar-refractivity contribution in [2.75, 3.05) is 0 Å². The Hall–Kier alpha value is -2.91. The fourth-order valence-electron chi connectivity index (χ4n) is 1.63. The Morgan fingerprint density at radius 2 is 1.64 bits per heavy atom. The van der Waals surface area contributed by atoms with Gasteiger partial charge in [0.15, 0.2) is 0 Å². The van der Waals surface area contributed by atoms with Gasteiger partial charge in [-0.1, -0.05) is 23.7 Å². The number of pyridine rings is 1. The molecule has 2 N–H and O–H groups in total. The van der Waals surface area contributed by atoms with Crippen LogP contribution in [-0.2, 0) is 6.42 Å². The van der Waals surface area contributed by atoms with E-state index in [0.29, 0.717) is 5.56 Å². The second-order valence-corrected chi connectivity index (χ2v) is 4.70. The fraction of sp³-hybridized carbons (Fsp3) is 0.0667. The summed E-state index contributed by atoms with van der Waals surface area (Å²) in [6, 6.07) is 11.5. The summed E-state index contributed by atoms with van der Waals surface area (Å²) in [6.45, 7) is 0. The summed E-state index contributed by atoms with van der Waals surface area (Å²) in [5.41, 5.74) is 6.04. The molecule has 0 unspecified atom stereocenters. The van der Waals surface area contributed by atoms with Gasteiger partial charge in [0, 0.05) is 11.8 Å². The van der Waals surface area contributed by atoms with E-state index >= 15 is 0 Å². The first-order chi connectivity index (χ1) is 10.6. The van der Waals surface area contributed by atoms with Gasteiger partial charge in [0.2, 0.25) is 0 Å². The Morgan fingerprint density at radius 1 is 1.05 bits per heavy atom. The van der Waals surface area contributed by atoms with Crippen LogP contribution in [0.25, 0.3) is 0 Å². The Labute approximate surface area is 131 Å². The number of nitrogens with one attached hydrogen (secondary N) is 2. The normalized spacial score (nSPS) is 9.64. The van der Waals surface area contributed by atoms with Crippen molar-refractivity contribution in [3.8, 4) is 6.07 Å². The summed E-state index contributed by atoms with van der Waals surface area (Å²) < 4.78 is 0. The second kappa shape index (κ2) is 7.20. The molecule has 0 bridgehead atoms. The first-order valence-corrected chi connectivity index (χ1v) is 6.66. The van der Waals surface area contributed by atoms with Gasteiger partial charge in [0.25, 0.3) is 11.8 Å². The highest BCUT2D eigenvalue weighted by molar-refractivity contribution is 6.29. The highest BCUT2D eigenvalue weighted by Gasteiger charge is 2.09. The average Bonchev–Trinajstić information content (AvgIpc) is 2.54. The van der Waals surface area contributed by atoms with E-state index in [-0.39, 0.29) is 17.1 Å². The van der Waals surface area contributed by atoms with Crippen LogP contribution in [0, 0.1) is 11.3 Å². The number of rotatable bonds is 3. The van der Waals surface area contributed by atoms with Crippen molar-refractivity contribution in [2.45, 2.75) is 6.42 Å². The van der Waals surface area contributed by atoms with Crippen LogP contribution in [0.1, 0.15) is 26.3 Å². The molecule has 0 saturated carbocycles. The van der Waals surface area contributed by atoms with Gasteiger partial charge in [-0.2, -0.15) is 5.26 Å². The van der Waals surface area contributed by atoms with Crippen molar-refractivity contribution >= 4 is 23.4 Å². The molecule has 2 amide bonds. The minimum absolute atomic E-state index is 0.272. The molecule has 22 heavy (non-hydrogen) atoms. The molecule has 6 nitrogen and oxygen atoms in total. The Bertz CT molecular complexity index is 721. The van der Waals surface area contributed by atoms with Crippen LogP contribution >= 0.6 is 11.6 Å². The quantitative estimate of drug-likeness (QED) is 0.668. The van der Waals surface area contributed by atoms with Crippen LogP contribution < -0.4 is 10.9 Å². The number of aromatic nitrogens is 1. The largest absolute Gasteiger partial charge is 0.271 e. The number of nitriles is 1. The van der Waals surface area contributed by atoms with Gasteiger partial charge in [0.05, 0.1) is 18.1 Å². The monoisotopic (exact) mass is 314 g/mol. The van der Waals surface area contributed by atoms with E-state index in [1.54, 1.807) is 24.3 Å². The number of nitrogens with zero attached hydrogens (tertiary/aromatic N) is 2. The highest BCUT2D eigenvalue weighted by atomic mass is 35.5. The molecule has 2 rings (SSSR count). The van der Waals surface area contributed by atoms with Gasteiger partial charge >= 0.3 is 0 Å². The molecular weight excluding hydrogens is 304 g/mol. The summed E-state index contributed by atoms with van der Waals surface area (Å²) in [5.74, 6) is -0.961. The standard InChI is InChI=1S/C15H11ClN4O2/c16-13-6-5-12(9-18-13)15(22)20-19-14(21)11-3-1-10(2-4-11)7-8-17/h1-6,9H,7H2,(H,19,21)(H,20,22). The molecule has 0 aliphatic carbocycles. The third-order valence-corrected chi connectivity index (χ3v) is 3.00. The minimum Gasteiger partial charge on any atom is -0.267 e. The minimum atomic E-state index is -0.501. The van der Waals surface area contributed by atoms with E-state index in [2.05, 4.69) is 15.8 Å². The molecule has 0 fully saturated rings. The number of amides is 2.